The fourth-order valence-corrected chi connectivity index (χ4v) is 2.65. The zero-order chi connectivity index (χ0) is 20.7. The van der Waals surface area contributed by atoms with Gasteiger partial charge in [0.1, 0.15) is 11.6 Å². The lowest BCUT2D eigenvalue weighted by atomic mass is 10.3. The van der Waals surface area contributed by atoms with Crippen LogP contribution in [0.15, 0.2) is 34.9 Å². The molecule has 0 radical (unpaired) electrons. The first-order valence-electron chi connectivity index (χ1n) is 8.36. The summed E-state index contributed by atoms with van der Waals surface area (Å²) >= 11 is 1.06. The first-order chi connectivity index (χ1) is 13.2. The summed E-state index contributed by atoms with van der Waals surface area (Å²) in [7, 11) is 0. The third kappa shape index (κ3) is 6.69. The Morgan fingerprint density at radius 2 is 1.86 bits per heavy atom. The van der Waals surface area contributed by atoms with Crippen LogP contribution < -0.4 is 10.6 Å². The minimum atomic E-state index is -1.04. The molecule has 0 unspecified atom stereocenters. The number of rotatable bonds is 8. The van der Waals surface area contributed by atoms with Gasteiger partial charge in [0.2, 0.25) is 5.91 Å². The first-order valence-corrected chi connectivity index (χ1v) is 9.41. The Morgan fingerprint density at radius 1 is 1.18 bits per heavy atom. The molecule has 1 heterocycles. The zero-order valence-electron chi connectivity index (χ0n) is 15.5. The number of benzene rings is 1. The van der Waals surface area contributed by atoms with E-state index in [0.29, 0.717) is 17.3 Å². The van der Waals surface area contributed by atoms with E-state index in [9.17, 15) is 18.8 Å². The van der Waals surface area contributed by atoms with Crippen molar-refractivity contribution in [2.24, 2.45) is 0 Å². The quantitative estimate of drug-likeness (QED) is 0.645. The smallest absolute Gasteiger partial charge is 0.316 e. The van der Waals surface area contributed by atoms with E-state index < -0.39 is 29.0 Å². The highest BCUT2D eigenvalue weighted by Crippen LogP contribution is 2.15. The average molecular weight is 409 g/mol. The topological polar surface area (TPSA) is 111 Å². The molecule has 0 saturated carbocycles. The molecule has 0 aliphatic carbocycles. The highest BCUT2D eigenvalue weighted by Gasteiger charge is 2.21. The first kappa shape index (κ1) is 21.4. The fraction of sp³-hybridized carbons (Fsp3) is 0.333. The maximum absolute atomic E-state index is 12.9. The van der Waals surface area contributed by atoms with Crippen LogP contribution in [0.1, 0.15) is 19.6 Å². The molecule has 0 spiro atoms. The number of esters is 1. The molecule has 1 aromatic carbocycles. The summed E-state index contributed by atoms with van der Waals surface area (Å²) in [6.45, 7) is 4.75. The number of anilines is 2. The van der Waals surface area contributed by atoms with Gasteiger partial charge in [-0.3, -0.25) is 14.4 Å². The van der Waals surface area contributed by atoms with Gasteiger partial charge in [-0.15, -0.1) is 11.8 Å². The van der Waals surface area contributed by atoms with Gasteiger partial charge >= 0.3 is 5.97 Å². The third-order valence-electron chi connectivity index (χ3n) is 3.49. The Morgan fingerprint density at radius 3 is 2.46 bits per heavy atom. The van der Waals surface area contributed by atoms with Crippen molar-refractivity contribution in [2.75, 3.05) is 16.4 Å². The molecule has 28 heavy (non-hydrogen) atoms. The van der Waals surface area contributed by atoms with Crippen molar-refractivity contribution >= 4 is 41.1 Å². The molecule has 0 bridgehead atoms. The van der Waals surface area contributed by atoms with Crippen LogP contribution in [0.3, 0.4) is 0 Å². The van der Waals surface area contributed by atoms with Crippen LogP contribution in [-0.4, -0.2) is 40.0 Å². The van der Waals surface area contributed by atoms with Gasteiger partial charge in [-0.1, -0.05) is 5.16 Å². The summed E-state index contributed by atoms with van der Waals surface area (Å²) in [5, 5.41) is 8.20. The van der Waals surface area contributed by atoms with Crippen molar-refractivity contribution in [2.45, 2.75) is 32.1 Å². The van der Waals surface area contributed by atoms with Crippen LogP contribution in [0.5, 0.6) is 0 Å². The van der Waals surface area contributed by atoms with Gasteiger partial charge in [0.15, 0.2) is 11.9 Å². The van der Waals surface area contributed by atoms with Crippen LogP contribution in [0.25, 0.3) is 0 Å². The zero-order valence-corrected chi connectivity index (χ0v) is 16.3. The van der Waals surface area contributed by atoms with E-state index in [4.69, 9.17) is 9.26 Å². The maximum Gasteiger partial charge on any atom is 0.316 e. The van der Waals surface area contributed by atoms with Crippen LogP contribution in [0, 0.1) is 12.7 Å². The average Bonchev–Trinajstić information content (AvgIpc) is 3.06. The van der Waals surface area contributed by atoms with Crippen molar-refractivity contribution < 1.29 is 28.0 Å². The van der Waals surface area contributed by atoms with Gasteiger partial charge in [0, 0.05) is 11.8 Å². The number of amides is 2. The summed E-state index contributed by atoms with van der Waals surface area (Å²) in [6.07, 6.45) is -1.04. The highest BCUT2D eigenvalue weighted by atomic mass is 32.2. The molecule has 0 fully saturated rings. The normalized spacial score (nSPS) is 12.7. The van der Waals surface area contributed by atoms with Crippen LogP contribution in [0.4, 0.5) is 15.9 Å². The highest BCUT2D eigenvalue weighted by molar-refractivity contribution is 8.01. The maximum atomic E-state index is 12.9. The van der Waals surface area contributed by atoms with Crippen molar-refractivity contribution in [1.29, 1.82) is 0 Å². The van der Waals surface area contributed by atoms with Gasteiger partial charge in [-0.25, -0.2) is 4.39 Å². The molecule has 0 saturated heterocycles. The molecule has 150 valence electrons. The molecule has 2 aromatic rings. The summed E-state index contributed by atoms with van der Waals surface area (Å²) in [5.41, 5.74) is 0.386. The van der Waals surface area contributed by atoms with Gasteiger partial charge < -0.3 is 19.9 Å². The Bertz CT molecular complexity index is 840. The Kier molecular flexibility index (Phi) is 7.56. The van der Waals surface area contributed by atoms with E-state index in [2.05, 4.69) is 15.8 Å². The lowest BCUT2D eigenvalue weighted by molar-refractivity contribution is -0.150. The Hall–Kier alpha value is -2.88. The number of carbonyl (C=O) groups excluding carboxylic acids is 3. The van der Waals surface area contributed by atoms with Crippen molar-refractivity contribution in [3.8, 4) is 0 Å². The minimum absolute atomic E-state index is 0.111. The predicted molar refractivity (Wildman–Crippen MR) is 102 cm³/mol. The second-order valence-electron chi connectivity index (χ2n) is 5.89. The molecule has 2 atom stereocenters. The van der Waals surface area contributed by atoms with Crippen molar-refractivity contribution in [3.05, 3.63) is 41.9 Å². The number of nitrogens with zero attached hydrogens (tertiary/aromatic N) is 1. The molecule has 2 N–H and O–H groups in total. The van der Waals surface area contributed by atoms with Crippen LogP contribution >= 0.6 is 11.8 Å². The Balaban J connectivity index is 1.73. The number of ether oxygens (including phenoxy) is 1. The standard InChI is InChI=1S/C18H20FN3O5S/c1-10-8-15(22-27-10)21-18(25)12(3)28-9-16(23)26-11(2)17(24)20-14-6-4-13(19)5-7-14/h4-8,11-12H,9H2,1-3H3,(H,20,24)(H,21,22,25)/t11-,12-/m1/s1. The fourth-order valence-electron chi connectivity index (χ4n) is 1.98. The largest absolute Gasteiger partial charge is 0.452 e. The molecular weight excluding hydrogens is 389 g/mol. The number of nitrogens with one attached hydrogen (secondary N) is 2. The van der Waals surface area contributed by atoms with E-state index >= 15 is 0 Å². The van der Waals surface area contributed by atoms with E-state index in [1.165, 1.54) is 31.2 Å². The number of thioether (sulfide) groups is 1. The molecule has 0 aliphatic rings. The molecule has 0 aliphatic heterocycles. The number of hydrogen-bond acceptors (Lipinski definition) is 7. The third-order valence-corrected chi connectivity index (χ3v) is 4.61. The van der Waals surface area contributed by atoms with E-state index in [1.807, 2.05) is 0 Å². The van der Waals surface area contributed by atoms with Crippen LogP contribution in [0.2, 0.25) is 0 Å². The summed E-state index contributed by atoms with van der Waals surface area (Å²) in [6, 6.07) is 6.78. The van der Waals surface area contributed by atoms with Gasteiger partial charge in [0.25, 0.3) is 5.91 Å². The summed E-state index contributed by atoms with van der Waals surface area (Å²) in [4.78, 5) is 36.0. The number of aromatic nitrogens is 1. The molecule has 8 nitrogen and oxygen atoms in total. The SMILES string of the molecule is Cc1cc(NC(=O)[C@@H](C)SCC(=O)O[C@H](C)C(=O)Nc2ccc(F)cc2)no1. The monoisotopic (exact) mass is 409 g/mol. The molecule has 2 amide bonds. The predicted octanol–water partition coefficient (Wildman–Crippen LogP) is 2.75. The van der Waals surface area contributed by atoms with Crippen molar-refractivity contribution in [1.82, 2.24) is 5.16 Å². The number of aryl methyl sites for hydroxylation is 1. The summed E-state index contributed by atoms with van der Waals surface area (Å²) < 4.78 is 22.8. The van der Waals surface area contributed by atoms with Gasteiger partial charge in [-0.2, -0.15) is 0 Å². The molecule has 10 heteroatoms. The number of carbonyl (C=O) groups is 3. The lowest BCUT2D eigenvalue weighted by Gasteiger charge is -2.14. The van der Waals surface area contributed by atoms with E-state index in [0.717, 1.165) is 11.8 Å². The van der Waals surface area contributed by atoms with Crippen molar-refractivity contribution in [3.63, 3.8) is 0 Å². The lowest BCUT2D eigenvalue weighted by Crippen LogP contribution is -2.31. The van der Waals surface area contributed by atoms with E-state index in [1.54, 1.807) is 19.9 Å². The van der Waals surface area contributed by atoms with Crippen LogP contribution in [-0.2, 0) is 19.1 Å². The second-order valence-corrected chi connectivity index (χ2v) is 7.22. The molecule has 2 rings (SSSR count). The molecular formula is C18H20FN3O5S. The van der Waals surface area contributed by atoms with E-state index in [-0.39, 0.29) is 11.7 Å². The number of halogens is 1. The Labute approximate surface area is 165 Å². The summed E-state index contributed by atoms with van der Waals surface area (Å²) in [5.74, 6) is -1.20. The number of hydrogen-bond donors (Lipinski definition) is 2. The van der Waals surface area contributed by atoms with Gasteiger partial charge in [-0.05, 0) is 45.0 Å². The van der Waals surface area contributed by atoms with Gasteiger partial charge in [0.05, 0.1) is 11.0 Å². The second kappa shape index (κ2) is 9.88. The minimum Gasteiger partial charge on any atom is -0.452 e. The molecule has 1 aromatic heterocycles.